The van der Waals surface area contributed by atoms with Crippen LogP contribution in [0.25, 0.3) is 5.69 Å². The predicted octanol–water partition coefficient (Wildman–Crippen LogP) is 4.01. The second-order valence-electron chi connectivity index (χ2n) is 8.44. The van der Waals surface area contributed by atoms with Crippen LogP contribution in [0.5, 0.6) is 0 Å². The van der Waals surface area contributed by atoms with Crippen LogP contribution in [0.4, 0.5) is 0 Å². The van der Waals surface area contributed by atoms with E-state index in [0.717, 1.165) is 12.8 Å². The number of aromatic nitrogens is 3. The fourth-order valence-corrected chi connectivity index (χ4v) is 6.83. The molecule has 4 rings (SSSR count). The predicted molar refractivity (Wildman–Crippen MR) is 143 cm³/mol. The number of rotatable bonds is 10. The lowest BCUT2D eigenvalue weighted by Gasteiger charge is -2.15. The molecule has 1 fully saturated rings. The number of thioether (sulfide) groups is 1. The Morgan fingerprint density at radius 2 is 1.68 bits per heavy atom. The van der Waals surface area contributed by atoms with Gasteiger partial charge >= 0.3 is 0 Å². The van der Waals surface area contributed by atoms with Gasteiger partial charge in [0.15, 0.2) is 10.9 Å². The molecule has 2 heterocycles. The molecule has 1 N–H and O–H groups in total. The van der Waals surface area contributed by atoms with Gasteiger partial charge < -0.3 is 5.32 Å². The normalized spacial score (nSPS) is 14.1. The van der Waals surface area contributed by atoms with Crippen molar-refractivity contribution in [2.75, 3.05) is 25.4 Å². The summed E-state index contributed by atoms with van der Waals surface area (Å²) in [6.07, 6.45) is 2.11. The van der Waals surface area contributed by atoms with Crippen molar-refractivity contribution >= 4 is 56.7 Å². The monoisotopic (exact) mass is 581 g/mol. The van der Waals surface area contributed by atoms with Gasteiger partial charge in [-0.15, -0.1) is 10.2 Å². The first-order valence-electron chi connectivity index (χ1n) is 11.6. The molecule has 9 nitrogen and oxygen atoms in total. The van der Waals surface area contributed by atoms with Crippen molar-refractivity contribution in [2.45, 2.75) is 36.2 Å². The highest BCUT2D eigenvalue weighted by Crippen LogP contribution is 2.28. The Kier molecular flexibility index (Phi) is 8.91. The van der Waals surface area contributed by atoms with Crippen LogP contribution in [0.3, 0.4) is 0 Å². The van der Waals surface area contributed by atoms with Crippen LogP contribution >= 0.6 is 35.0 Å². The molecule has 2 aromatic carbocycles. The lowest BCUT2D eigenvalue weighted by molar-refractivity contribution is -0.118. The number of carbonyl (C=O) groups excluding carboxylic acids is 2. The smallest absolute Gasteiger partial charge is 0.243 e. The van der Waals surface area contributed by atoms with Gasteiger partial charge in [-0.05, 0) is 43.2 Å². The zero-order valence-electron chi connectivity index (χ0n) is 20.0. The maximum atomic E-state index is 12.9. The van der Waals surface area contributed by atoms with E-state index in [1.165, 1.54) is 47.3 Å². The average Bonchev–Trinajstić information content (AvgIpc) is 3.53. The Balaban J connectivity index is 1.51. The summed E-state index contributed by atoms with van der Waals surface area (Å²) in [6.45, 7) is 2.83. The highest BCUT2D eigenvalue weighted by molar-refractivity contribution is 7.99. The summed E-state index contributed by atoms with van der Waals surface area (Å²) in [5.41, 5.74) is 1.03. The number of sulfonamides is 1. The summed E-state index contributed by atoms with van der Waals surface area (Å²) in [7, 11) is -3.54. The molecule has 13 heteroatoms. The minimum atomic E-state index is -3.54. The van der Waals surface area contributed by atoms with Gasteiger partial charge in [-0.1, -0.05) is 47.1 Å². The number of ketones is 1. The first-order valence-corrected chi connectivity index (χ1v) is 14.7. The van der Waals surface area contributed by atoms with Crippen LogP contribution in [0.1, 0.15) is 35.9 Å². The van der Waals surface area contributed by atoms with Crippen LogP contribution in [0, 0.1) is 0 Å². The Bertz CT molecular complexity index is 1380. The van der Waals surface area contributed by atoms with E-state index in [4.69, 9.17) is 23.2 Å². The number of Topliss-reactive ketones (excluding diaryl/α,β-unsaturated/α-hetero) is 1. The van der Waals surface area contributed by atoms with Crippen LogP contribution in [0.15, 0.2) is 52.5 Å². The number of carbonyl (C=O) groups is 2. The largest absolute Gasteiger partial charge is 0.356 e. The van der Waals surface area contributed by atoms with Crippen molar-refractivity contribution in [3.8, 4) is 5.69 Å². The molecule has 1 aliphatic rings. The Morgan fingerprint density at radius 1 is 1.03 bits per heavy atom. The van der Waals surface area contributed by atoms with E-state index in [1.54, 1.807) is 22.8 Å². The minimum Gasteiger partial charge on any atom is -0.356 e. The summed E-state index contributed by atoms with van der Waals surface area (Å²) in [6, 6.07) is 11.1. The molecule has 0 bridgehead atoms. The zero-order valence-corrected chi connectivity index (χ0v) is 23.1. The van der Waals surface area contributed by atoms with Crippen LogP contribution in [-0.2, 0) is 21.2 Å². The van der Waals surface area contributed by atoms with E-state index in [1.807, 2.05) is 0 Å². The lowest BCUT2D eigenvalue weighted by Crippen LogP contribution is -2.27. The number of hydrogen-bond acceptors (Lipinski definition) is 7. The average molecular weight is 583 g/mol. The van der Waals surface area contributed by atoms with Gasteiger partial charge in [-0.3, -0.25) is 14.2 Å². The van der Waals surface area contributed by atoms with Gasteiger partial charge in [0.1, 0.15) is 5.82 Å². The third-order valence-corrected chi connectivity index (χ3v) is 9.02. The van der Waals surface area contributed by atoms with E-state index in [9.17, 15) is 18.0 Å². The topological polar surface area (TPSA) is 114 Å². The Hall–Kier alpha value is -2.44. The highest BCUT2D eigenvalue weighted by atomic mass is 35.5. The summed E-state index contributed by atoms with van der Waals surface area (Å²) in [5, 5.41) is 12.5. The summed E-state index contributed by atoms with van der Waals surface area (Å²) in [5.74, 6) is 0.277. The molecule has 1 saturated heterocycles. The van der Waals surface area contributed by atoms with E-state index >= 15 is 0 Å². The van der Waals surface area contributed by atoms with E-state index < -0.39 is 10.0 Å². The minimum absolute atomic E-state index is 0.0519. The highest BCUT2D eigenvalue weighted by Gasteiger charge is 2.27. The molecule has 0 atom stereocenters. The number of nitrogens with zero attached hydrogens (tertiary/aromatic N) is 4. The zero-order chi connectivity index (χ0) is 26.6. The molecule has 3 aromatic rings. The molecule has 196 valence electrons. The fraction of sp³-hybridized carbons (Fsp3) is 0.333. The number of benzene rings is 2. The molecule has 0 saturated carbocycles. The maximum absolute atomic E-state index is 12.9. The maximum Gasteiger partial charge on any atom is 0.243 e. The number of halogens is 2. The molecular weight excluding hydrogens is 557 g/mol. The molecule has 0 spiro atoms. The van der Waals surface area contributed by atoms with Crippen molar-refractivity contribution < 1.29 is 18.0 Å². The quantitative estimate of drug-likeness (QED) is 0.284. The second-order valence-corrected chi connectivity index (χ2v) is 12.2. The Morgan fingerprint density at radius 3 is 2.30 bits per heavy atom. The first kappa shape index (κ1) is 27.6. The molecule has 0 unspecified atom stereocenters. The van der Waals surface area contributed by atoms with Gasteiger partial charge in [0.05, 0.1) is 16.3 Å². The van der Waals surface area contributed by atoms with E-state index in [2.05, 4.69) is 15.5 Å². The van der Waals surface area contributed by atoms with E-state index in [-0.39, 0.29) is 22.3 Å². The number of amides is 1. The van der Waals surface area contributed by atoms with Crippen LogP contribution in [-0.4, -0.2) is 64.6 Å². The van der Waals surface area contributed by atoms with Gasteiger partial charge in [0.25, 0.3) is 0 Å². The van der Waals surface area contributed by atoms with Crippen molar-refractivity contribution in [3.05, 3.63) is 63.9 Å². The van der Waals surface area contributed by atoms with E-state index in [0.29, 0.717) is 58.3 Å². The van der Waals surface area contributed by atoms with Crippen molar-refractivity contribution in [1.29, 1.82) is 0 Å². The molecule has 0 aliphatic carbocycles. The van der Waals surface area contributed by atoms with Gasteiger partial charge in [-0.25, -0.2) is 8.42 Å². The summed E-state index contributed by atoms with van der Waals surface area (Å²) in [4.78, 5) is 24.4. The molecule has 1 amide bonds. The van der Waals surface area contributed by atoms with Crippen molar-refractivity contribution in [3.63, 3.8) is 0 Å². The summed E-state index contributed by atoms with van der Waals surface area (Å²) < 4.78 is 28.7. The molecule has 1 aromatic heterocycles. The molecule has 37 heavy (non-hydrogen) atoms. The standard InChI is InChI=1S/C24H25Cl2N5O4S2/c1-16(32)27-9-8-23-28-29-24(31(23)20-13-18(25)12-19(26)14-20)36-15-22(33)17-4-6-21(7-5-17)37(34,35)30-10-2-3-11-30/h4-7,12-14H,2-3,8-11,15H2,1H3,(H,27,32). The lowest BCUT2D eigenvalue weighted by atomic mass is 10.1. The van der Waals surface area contributed by atoms with Crippen LogP contribution in [0.2, 0.25) is 10.0 Å². The van der Waals surface area contributed by atoms with Crippen molar-refractivity contribution in [1.82, 2.24) is 24.4 Å². The molecule has 1 aliphatic heterocycles. The SMILES string of the molecule is CC(=O)NCCc1nnc(SCC(=O)c2ccc(S(=O)(=O)N3CCCC3)cc2)n1-c1cc(Cl)cc(Cl)c1. The molecular formula is C24H25Cl2N5O4S2. The number of hydrogen-bond donors (Lipinski definition) is 1. The van der Waals surface area contributed by atoms with Crippen molar-refractivity contribution in [2.24, 2.45) is 0 Å². The van der Waals surface area contributed by atoms with Gasteiger partial charge in [0, 0.05) is 48.6 Å². The van der Waals surface area contributed by atoms with Crippen LogP contribution < -0.4 is 5.32 Å². The molecule has 0 radical (unpaired) electrons. The second kappa shape index (κ2) is 12.0. The summed E-state index contributed by atoms with van der Waals surface area (Å²) >= 11 is 13.6. The Labute approximate surface area is 229 Å². The third kappa shape index (κ3) is 6.71. The van der Waals surface area contributed by atoms with Gasteiger partial charge in [0.2, 0.25) is 15.9 Å². The number of nitrogens with one attached hydrogen (secondary N) is 1. The fourth-order valence-electron chi connectivity index (χ4n) is 3.94. The first-order chi connectivity index (χ1) is 17.6. The third-order valence-electron chi connectivity index (χ3n) is 5.74. The van der Waals surface area contributed by atoms with Gasteiger partial charge in [-0.2, -0.15) is 4.31 Å².